The van der Waals surface area contributed by atoms with Gasteiger partial charge in [0.1, 0.15) is 17.0 Å². The molecule has 35 heavy (non-hydrogen) atoms. The van der Waals surface area contributed by atoms with Crippen LogP contribution in [0.15, 0.2) is 30.7 Å². The van der Waals surface area contributed by atoms with Gasteiger partial charge in [0.15, 0.2) is 0 Å². The van der Waals surface area contributed by atoms with Crippen molar-refractivity contribution in [1.29, 1.82) is 0 Å². The number of aryl methyl sites for hydroxylation is 1. The van der Waals surface area contributed by atoms with Crippen LogP contribution in [0.25, 0.3) is 21.1 Å². The van der Waals surface area contributed by atoms with Crippen molar-refractivity contribution in [3.8, 4) is 0 Å². The van der Waals surface area contributed by atoms with Gasteiger partial charge < -0.3 is 15.5 Å². The van der Waals surface area contributed by atoms with Crippen LogP contribution in [-0.4, -0.2) is 56.5 Å². The molecule has 2 amide bonds. The van der Waals surface area contributed by atoms with Crippen molar-refractivity contribution in [2.24, 2.45) is 5.92 Å². The van der Waals surface area contributed by atoms with Crippen molar-refractivity contribution in [2.75, 3.05) is 25.0 Å². The van der Waals surface area contributed by atoms with E-state index in [0.29, 0.717) is 13.0 Å². The number of aromatic nitrogens is 4. The molecule has 1 saturated heterocycles. The van der Waals surface area contributed by atoms with E-state index in [4.69, 9.17) is 0 Å². The molecular formula is C25H27N7O2S. The van der Waals surface area contributed by atoms with Crippen molar-refractivity contribution in [3.05, 3.63) is 41.2 Å². The summed E-state index contributed by atoms with van der Waals surface area (Å²) in [5, 5.41) is 15.7. The van der Waals surface area contributed by atoms with Gasteiger partial charge in [0.2, 0.25) is 11.8 Å². The Kier molecular flexibility index (Phi) is 5.81. The molecule has 0 bridgehead atoms. The molecule has 0 radical (unpaired) electrons. The third kappa shape index (κ3) is 4.34. The van der Waals surface area contributed by atoms with Gasteiger partial charge in [-0.2, -0.15) is 5.10 Å². The van der Waals surface area contributed by atoms with Crippen LogP contribution in [0.5, 0.6) is 0 Å². The second-order valence-corrected chi connectivity index (χ2v) is 10.4. The Balaban J connectivity index is 1.13. The van der Waals surface area contributed by atoms with Gasteiger partial charge in [0, 0.05) is 47.9 Å². The zero-order valence-corrected chi connectivity index (χ0v) is 20.2. The van der Waals surface area contributed by atoms with Crippen LogP contribution < -0.4 is 10.6 Å². The molecule has 10 heteroatoms. The summed E-state index contributed by atoms with van der Waals surface area (Å²) in [7, 11) is 0. The minimum Gasteiger partial charge on any atom is -0.356 e. The van der Waals surface area contributed by atoms with Crippen LogP contribution in [0, 0.1) is 5.92 Å². The molecule has 1 atom stereocenters. The Labute approximate surface area is 206 Å². The van der Waals surface area contributed by atoms with Crippen LogP contribution in [0.4, 0.5) is 11.5 Å². The lowest BCUT2D eigenvalue weighted by Crippen LogP contribution is -2.36. The summed E-state index contributed by atoms with van der Waals surface area (Å²) in [5.74, 6) is 1.12. The third-order valence-corrected chi connectivity index (χ3v) is 8.16. The topological polar surface area (TPSA) is 116 Å². The fourth-order valence-electron chi connectivity index (χ4n) is 5.15. The Morgan fingerprint density at radius 1 is 1.26 bits per heavy atom. The molecule has 4 aromatic rings. The molecule has 2 aliphatic rings. The Bertz CT molecular complexity index is 1410. The third-order valence-electron chi connectivity index (χ3n) is 6.99. The summed E-state index contributed by atoms with van der Waals surface area (Å²) in [6.45, 7) is 2.19. The highest BCUT2D eigenvalue weighted by atomic mass is 32.1. The zero-order chi connectivity index (χ0) is 23.8. The number of carbonyl (C=O) groups excluding carboxylic acids is 2. The van der Waals surface area contributed by atoms with E-state index in [2.05, 4.69) is 30.8 Å². The number of fused-ring (bicyclic) bond motifs is 4. The monoisotopic (exact) mass is 489 g/mol. The van der Waals surface area contributed by atoms with E-state index in [0.717, 1.165) is 77.8 Å². The van der Waals surface area contributed by atoms with E-state index in [1.165, 1.54) is 10.4 Å². The fraction of sp³-hybridized carbons (Fsp3) is 0.400. The quantitative estimate of drug-likeness (QED) is 0.342. The van der Waals surface area contributed by atoms with Gasteiger partial charge in [0.05, 0.1) is 17.1 Å². The zero-order valence-electron chi connectivity index (χ0n) is 19.3. The lowest BCUT2D eigenvalue weighted by molar-refractivity contribution is -0.127. The maximum Gasteiger partial charge on any atom is 0.223 e. The van der Waals surface area contributed by atoms with Crippen LogP contribution in [-0.2, 0) is 22.4 Å². The van der Waals surface area contributed by atoms with E-state index in [-0.39, 0.29) is 17.7 Å². The molecule has 1 unspecified atom stereocenters. The Morgan fingerprint density at radius 3 is 3.09 bits per heavy atom. The standard InChI is InChI=1S/C25H27N7O2S/c33-21-3-1-9-32(21)10-2-8-26-24(34)15-4-6-18-20(12-15)35-25-22(18)23(27-14-28-25)30-17-5-7-19-16(11-17)13-29-31-19/h5,7,11,13-15H,1-4,6,8-10,12H2,(H,26,34)(H,29,31)(H,27,28,30). The first-order chi connectivity index (χ1) is 17.2. The first-order valence-electron chi connectivity index (χ1n) is 12.2. The van der Waals surface area contributed by atoms with Gasteiger partial charge in [0.25, 0.3) is 0 Å². The number of nitrogens with zero attached hydrogens (tertiary/aromatic N) is 4. The summed E-state index contributed by atoms with van der Waals surface area (Å²) in [6.07, 6.45) is 8.18. The summed E-state index contributed by atoms with van der Waals surface area (Å²) >= 11 is 1.66. The SMILES string of the molecule is O=C(NCCCN1CCCC1=O)C1CCc2c(sc3ncnc(Nc4ccc5[nH]ncc5c4)c23)C1. The fourth-order valence-corrected chi connectivity index (χ4v) is 6.42. The molecular weight excluding hydrogens is 462 g/mol. The van der Waals surface area contributed by atoms with Crippen LogP contribution in [0.3, 0.4) is 0 Å². The summed E-state index contributed by atoms with van der Waals surface area (Å²) in [5.41, 5.74) is 3.20. The van der Waals surface area contributed by atoms with E-state index in [1.807, 2.05) is 23.1 Å². The Hall–Kier alpha value is -3.53. The largest absolute Gasteiger partial charge is 0.356 e. The maximum absolute atomic E-state index is 12.8. The van der Waals surface area contributed by atoms with E-state index >= 15 is 0 Å². The van der Waals surface area contributed by atoms with Crippen LogP contribution in [0.2, 0.25) is 0 Å². The van der Waals surface area contributed by atoms with Gasteiger partial charge in [-0.25, -0.2) is 9.97 Å². The predicted octanol–water partition coefficient (Wildman–Crippen LogP) is 3.54. The number of hydrogen-bond acceptors (Lipinski definition) is 7. The predicted molar refractivity (Wildman–Crippen MR) is 136 cm³/mol. The second kappa shape index (κ2) is 9.26. The smallest absolute Gasteiger partial charge is 0.223 e. The highest BCUT2D eigenvalue weighted by molar-refractivity contribution is 7.19. The number of thiophene rings is 1. The van der Waals surface area contributed by atoms with Gasteiger partial charge in [-0.1, -0.05) is 0 Å². The van der Waals surface area contributed by atoms with Gasteiger partial charge in [-0.05, 0) is 55.9 Å². The molecule has 180 valence electrons. The summed E-state index contributed by atoms with van der Waals surface area (Å²) in [4.78, 5) is 37.7. The van der Waals surface area contributed by atoms with Crippen LogP contribution in [0.1, 0.15) is 36.1 Å². The molecule has 3 N–H and O–H groups in total. The van der Waals surface area contributed by atoms with Gasteiger partial charge >= 0.3 is 0 Å². The molecule has 0 saturated carbocycles. The van der Waals surface area contributed by atoms with E-state index in [9.17, 15) is 9.59 Å². The number of rotatable bonds is 7. The van der Waals surface area contributed by atoms with E-state index in [1.54, 1.807) is 23.9 Å². The first kappa shape index (κ1) is 22.0. The van der Waals surface area contributed by atoms with Crippen LogP contribution >= 0.6 is 11.3 Å². The maximum atomic E-state index is 12.8. The molecule has 0 spiro atoms. The normalized spacial score (nSPS) is 17.8. The van der Waals surface area contributed by atoms with Crippen molar-refractivity contribution in [3.63, 3.8) is 0 Å². The molecule has 4 heterocycles. The average Bonchev–Trinajstić information content (AvgIpc) is 3.59. The molecule has 1 fully saturated rings. The lowest BCUT2D eigenvalue weighted by Gasteiger charge is -2.22. The number of H-pyrrole nitrogens is 1. The number of nitrogens with one attached hydrogen (secondary N) is 3. The molecule has 6 rings (SSSR count). The molecule has 1 aliphatic carbocycles. The number of anilines is 2. The van der Waals surface area contributed by atoms with Crippen molar-refractivity contribution in [1.82, 2.24) is 30.4 Å². The molecule has 1 aliphatic heterocycles. The first-order valence-corrected chi connectivity index (χ1v) is 13.0. The number of likely N-dealkylation sites (tertiary alicyclic amines) is 1. The van der Waals surface area contributed by atoms with Gasteiger partial charge in [-0.15, -0.1) is 11.3 Å². The van der Waals surface area contributed by atoms with Gasteiger partial charge in [-0.3, -0.25) is 14.7 Å². The Morgan fingerprint density at radius 2 is 2.20 bits per heavy atom. The minimum absolute atomic E-state index is 0.0307. The summed E-state index contributed by atoms with van der Waals surface area (Å²) in [6, 6.07) is 6.05. The average molecular weight is 490 g/mol. The van der Waals surface area contributed by atoms with Crippen molar-refractivity contribution >= 4 is 55.8 Å². The second-order valence-electron chi connectivity index (χ2n) is 9.27. The number of benzene rings is 1. The number of carbonyl (C=O) groups is 2. The van der Waals surface area contributed by atoms with Crippen molar-refractivity contribution in [2.45, 2.75) is 38.5 Å². The van der Waals surface area contributed by atoms with E-state index < -0.39 is 0 Å². The lowest BCUT2D eigenvalue weighted by atomic mass is 9.87. The molecule has 1 aromatic carbocycles. The molecule has 9 nitrogen and oxygen atoms in total. The number of aromatic amines is 1. The summed E-state index contributed by atoms with van der Waals surface area (Å²) < 4.78 is 0. The minimum atomic E-state index is -0.0307. The molecule has 3 aromatic heterocycles. The number of hydrogen-bond donors (Lipinski definition) is 3. The van der Waals surface area contributed by atoms with Crippen molar-refractivity contribution < 1.29 is 9.59 Å². The highest BCUT2D eigenvalue weighted by Gasteiger charge is 2.29. The highest BCUT2D eigenvalue weighted by Crippen LogP contribution is 2.40. The number of amides is 2.